The van der Waals surface area contributed by atoms with Crippen LogP contribution in [0.25, 0.3) is 0 Å². The number of nitrogens with zero attached hydrogens (tertiary/aromatic N) is 1. The Morgan fingerprint density at radius 1 is 1.38 bits per heavy atom. The number of nitrogens with one attached hydrogen (secondary N) is 1. The van der Waals surface area contributed by atoms with Gasteiger partial charge in [0.15, 0.2) is 0 Å². The zero-order valence-electron chi connectivity index (χ0n) is 12.2. The van der Waals surface area contributed by atoms with Crippen LogP contribution in [-0.4, -0.2) is 17.4 Å². The van der Waals surface area contributed by atoms with Gasteiger partial charge in [-0.3, -0.25) is 4.79 Å². The van der Waals surface area contributed by atoms with Crippen molar-refractivity contribution in [2.24, 2.45) is 5.73 Å². The van der Waals surface area contributed by atoms with Crippen molar-refractivity contribution in [1.29, 1.82) is 0 Å². The zero-order chi connectivity index (χ0) is 15.1. The SMILES string of the molecule is Cc1csc(CCNC(=O)CCC(N)c2ccccc2)n1. The highest BCUT2D eigenvalue weighted by molar-refractivity contribution is 7.09. The largest absolute Gasteiger partial charge is 0.356 e. The molecule has 0 bridgehead atoms. The second kappa shape index (κ2) is 7.90. The minimum Gasteiger partial charge on any atom is -0.356 e. The monoisotopic (exact) mass is 303 g/mol. The Bertz CT molecular complexity index is 568. The van der Waals surface area contributed by atoms with Gasteiger partial charge >= 0.3 is 0 Å². The highest BCUT2D eigenvalue weighted by Crippen LogP contribution is 2.14. The van der Waals surface area contributed by atoms with Crippen molar-refractivity contribution in [1.82, 2.24) is 10.3 Å². The lowest BCUT2D eigenvalue weighted by Crippen LogP contribution is -2.26. The van der Waals surface area contributed by atoms with Crippen LogP contribution in [0.1, 0.15) is 35.1 Å². The summed E-state index contributed by atoms with van der Waals surface area (Å²) in [5, 5.41) is 6.01. The third kappa shape index (κ3) is 5.28. The molecule has 1 aromatic carbocycles. The lowest BCUT2D eigenvalue weighted by molar-refractivity contribution is -0.121. The van der Waals surface area contributed by atoms with E-state index in [0.717, 1.165) is 22.7 Å². The second-order valence-corrected chi connectivity index (χ2v) is 5.98. The molecule has 1 aromatic heterocycles. The van der Waals surface area contributed by atoms with Crippen molar-refractivity contribution in [2.45, 2.75) is 32.2 Å². The summed E-state index contributed by atoms with van der Waals surface area (Å²) in [6, 6.07) is 9.79. The van der Waals surface area contributed by atoms with E-state index in [-0.39, 0.29) is 11.9 Å². The smallest absolute Gasteiger partial charge is 0.220 e. The van der Waals surface area contributed by atoms with Crippen LogP contribution in [0.4, 0.5) is 0 Å². The van der Waals surface area contributed by atoms with Gasteiger partial charge in [0, 0.05) is 36.5 Å². The van der Waals surface area contributed by atoms with Gasteiger partial charge in [0.1, 0.15) is 0 Å². The van der Waals surface area contributed by atoms with Gasteiger partial charge in [-0.05, 0) is 18.9 Å². The molecule has 1 heterocycles. The highest BCUT2D eigenvalue weighted by atomic mass is 32.1. The molecule has 112 valence electrons. The lowest BCUT2D eigenvalue weighted by atomic mass is 10.0. The van der Waals surface area contributed by atoms with Crippen LogP contribution in [0, 0.1) is 6.92 Å². The molecule has 0 aliphatic heterocycles. The molecule has 1 atom stereocenters. The molecule has 2 rings (SSSR count). The molecular formula is C16H21N3OS. The average Bonchev–Trinajstić information content (AvgIpc) is 2.91. The number of carbonyl (C=O) groups excluding carboxylic acids is 1. The number of hydrogen-bond donors (Lipinski definition) is 2. The van der Waals surface area contributed by atoms with Gasteiger partial charge in [-0.2, -0.15) is 0 Å². The first kappa shape index (κ1) is 15.7. The molecule has 1 amide bonds. The highest BCUT2D eigenvalue weighted by Gasteiger charge is 2.09. The quantitative estimate of drug-likeness (QED) is 0.826. The third-order valence-corrected chi connectivity index (χ3v) is 4.26. The molecule has 2 aromatic rings. The number of benzene rings is 1. The minimum absolute atomic E-state index is 0.0506. The Hall–Kier alpha value is -1.72. The fourth-order valence-electron chi connectivity index (χ4n) is 2.07. The van der Waals surface area contributed by atoms with Gasteiger partial charge in [-0.25, -0.2) is 4.98 Å². The molecular weight excluding hydrogens is 282 g/mol. The third-order valence-electron chi connectivity index (χ3n) is 3.24. The summed E-state index contributed by atoms with van der Waals surface area (Å²) in [5.41, 5.74) is 8.19. The Balaban J connectivity index is 1.65. The van der Waals surface area contributed by atoms with Crippen LogP contribution in [0.3, 0.4) is 0 Å². The average molecular weight is 303 g/mol. The van der Waals surface area contributed by atoms with Crippen LogP contribution < -0.4 is 11.1 Å². The summed E-state index contributed by atoms with van der Waals surface area (Å²) in [6.07, 6.45) is 1.90. The van der Waals surface area contributed by atoms with Gasteiger partial charge in [0.2, 0.25) is 5.91 Å². The summed E-state index contributed by atoms with van der Waals surface area (Å²) in [6.45, 7) is 2.61. The van der Waals surface area contributed by atoms with Crippen molar-refractivity contribution in [3.05, 3.63) is 52.0 Å². The predicted molar refractivity (Wildman–Crippen MR) is 86.2 cm³/mol. The molecule has 0 aliphatic rings. The zero-order valence-corrected chi connectivity index (χ0v) is 13.0. The molecule has 0 saturated heterocycles. The molecule has 0 aliphatic carbocycles. The van der Waals surface area contributed by atoms with Crippen molar-refractivity contribution in [2.75, 3.05) is 6.54 Å². The second-order valence-electron chi connectivity index (χ2n) is 5.04. The Kier molecular flexibility index (Phi) is 5.90. The van der Waals surface area contributed by atoms with E-state index < -0.39 is 0 Å². The number of rotatable bonds is 7. The molecule has 0 spiro atoms. The Labute approximate surface area is 129 Å². The standard InChI is InChI=1S/C16H21N3OS/c1-12-11-21-16(19-12)9-10-18-15(20)8-7-14(17)13-5-3-2-4-6-13/h2-6,11,14H,7-10,17H2,1H3,(H,18,20). The molecule has 0 fully saturated rings. The minimum atomic E-state index is -0.0847. The van der Waals surface area contributed by atoms with Crippen LogP contribution in [0.2, 0.25) is 0 Å². The van der Waals surface area contributed by atoms with Gasteiger partial charge in [0.25, 0.3) is 0 Å². The maximum atomic E-state index is 11.8. The van der Waals surface area contributed by atoms with E-state index in [0.29, 0.717) is 19.4 Å². The van der Waals surface area contributed by atoms with E-state index in [4.69, 9.17) is 5.73 Å². The van der Waals surface area contributed by atoms with E-state index in [9.17, 15) is 4.79 Å². The number of hydrogen-bond acceptors (Lipinski definition) is 4. The van der Waals surface area contributed by atoms with Crippen molar-refractivity contribution < 1.29 is 4.79 Å². The number of thiazole rings is 1. The number of amides is 1. The van der Waals surface area contributed by atoms with Gasteiger partial charge < -0.3 is 11.1 Å². The topological polar surface area (TPSA) is 68.0 Å². The molecule has 5 heteroatoms. The predicted octanol–water partition coefficient (Wildman–Crippen LogP) is 2.59. The summed E-state index contributed by atoms with van der Waals surface area (Å²) in [5.74, 6) is 0.0506. The Morgan fingerprint density at radius 2 is 2.14 bits per heavy atom. The molecule has 3 N–H and O–H groups in total. The van der Waals surface area contributed by atoms with Gasteiger partial charge in [-0.15, -0.1) is 11.3 Å². The summed E-state index contributed by atoms with van der Waals surface area (Å²) < 4.78 is 0. The van der Waals surface area contributed by atoms with E-state index in [1.807, 2.05) is 42.6 Å². The number of carbonyl (C=O) groups is 1. The van der Waals surface area contributed by atoms with Crippen molar-refractivity contribution in [3.63, 3.8) is 0 Å². The fourth-order valence-corrected chi connectivity index (χ4v) is 2.84. The van der Waals surface area contributed by atoms with Gasteiger partial charge in [0.05, 0.1) is 5.01 Å². The van der Waals surface area contributed by atoms with Crippen LogP contribution in [0.15, 0.2) is 35.7 Å². The molecule has 21 heavy (non-hydrogen) atoms. The summed E-state index contributed by atoms with van der Waals surface area (Å²) in [4.78, 5) is 16.2. The summed E-state index contributed by atoms with van der Waals surface area (Å²) in [7, 11) is 0. The molecule has 1 unspecified atom stereocenters. The normalized spacial score (nSPS) is 12.1. The molecule has 0 saturated carbocycles. The number of aromatic nitrogens is 1. The van der Waals surface area contributed by atoms with E-state index >= 15 is 0 Å². The van der Waals surface area contributed by atoms with Crippen molar-refractivity contribution in [3.8, 4) is 0 Å². The van der Waals surface area contributed by atoms with Crippen LogP contribution in [-0.2, 0) is 11.2 Å². The van der Waals surface area contributed by atoms with E-state index in [1.54, 1.807) is 11.3 Å². The number of aryl methyl sites for hydroxylation is 1. The van der Waals surface area contributed by atoms with Crippen LogP contribution in [0.5, 0.6) is 0 Å². The summed E-state index contributed by atoms with van der Waals surface area (Å²) >= 11 is 1.63. The molecule has 4 nitrogen and oxygen atoms in total. The van der Waals surface area contributed by atoms with Gasteiger partial charge in [-0.1, -0.05) is 30.3 Å². The maximum Gasteiger partial charge on any atom is 0.220 e. The first-order valence-electron chi connectivity index (χ1n) is 7.13. The lowest BCUT2D eigenvalue weighted by Gasteiger charge is -2.11. The van der Waals surface area contributed by atoms with E-state index in [1.165, 1.54) is 0 Å². The maximum absolute atomic E-state index is 11.8. The van der Waals surface area contributed by atoms with Crippen LogP contribution >= 0.6 is 11.3 Å². The Morgan fingerprint density at radius 3 is 2.81 bits per heavy atom. The molecule has 0 radical (unpaired) electrons. The van der Waals surface area contributed by atoms with Crippen molar-refractivity contribution >= 4 is 17.2 Å². The number of nitrogens with two attached hydrogens (primary N) is 1. The first-order chi connectivity index (χ1) is 10.1. The fraction of sp³-hybridized carbons (Fsp3) is 0.375. The first-order valence-corrected chi connectivity index (χ1v) is 8.01. The van der Waals surface area contributed by atoms with E-state index in [2.05, 4.69) is 10.3 Å².